The Morgan fingerprint density at radius 1 is 1.08 bits per heavy atom. The second-order valence-electron chi connectivity index (χ2n) is 3.50. The molecule has 1 aromatic rings. The molecule has 1 radical (unpaired) electrons. The van der Waals surface area contributed by atoms with Gasteiger partial charge < -0.3 is 0 Å². The van der Waals surface area contributed by atoms with E-state index < -0.39 is 0 Å². The lowest BCUT2D eigenvalue weighted by molar-refractivity contribution is 0.617. The molecule has 1 heterocycles. The smallest absolute Gasteiger partial charge is 0.00613 e. The molecule has 0 aliphatic heterocycles. The van der Waals surface area contributed by atoms with Gasteiger partial charge in [0.25, 0.3) is 0 Å². The lowest BCUT2D eigenvalue weighted by atomic mass is 10.1. The van der Waals surface area contributed by atoms with Crippen LogP contribution in [0.2, 0.25) is 0 Å². The van der Waals surface area contributed by atoms with Gasteiger partial charge in [0.1, 0.15) is 0 Å². The monoisotopic (exact) mass is 195 g/mol. The minimum absolute atomic E-state index is 1.10. The van der Waals surface area contributed by atoms with Gasteiger partial charge in [0.2, 0.25) is 0 Å². The number of hydrogen-bond acceptors (Lipinski definition) is 1. The molecule has 1 aromatic heterocycles. The van der Waals surface area contributed by atoms with Crippen molar-refractivity contribution in [3.8, 4) is 0 Å². The Morgan fingerprint density at radius 3 is 2.54 bits per heavy atom. The van der Waals surface area contributed by atoms with Crippen LogP contribution in [0.3, 0.4) is 0 Å². The zero-order valence-electron chi connectivity index (χ0n) is 8.30. The maximum Gasteiger partial charge on any atom is -0.00613 e. The van der Waals surface area contributed by atoms with E-state index >= 15 is 0 Å². The Morgan fingerprint density at radius 2 is 1.85 bits per heavy atom. The van der Waals surface area contributed by atoms with Gasteiger partial charge in [0.15, 0.2) is 0 Å². The number of aryl methyl sites for hydroxylation is 1. The molecule has 0 N–H and O–H groups in total. The molecular formula is C12H19S. The largest absolute Gasteiger partial charge is 0.152 e. The van der Waals surface area contributed by atoms with Crippen LogP contribution in [0.1, 0.15) is 44.1 Å². The summed E-state index contributed by atoms with van der Waals surface area (Å²) in [6, 6.07) is 2.24. The molecule has 0 spiro atoms. The molecule has 13 heavy (non-hydrogen) atoms. The van der Waals surface area contributed by atoms with E-state index in [4.69, 9.17) is 0 Å². The highest BCUT2D eigenvalue weighted by Gasteiger charge is 1.93. The van der Waals surface area contributed by atoms with Crippen LogP contribution in [-0.4, -0.2) is 0 Å². The van der Waals surface area contributed by atoms with Crippen LogP contribution in [0.15, 0.2) is 16.8 Å². The van der Waals surface area contributed by atoms with Gasteiger partial charge in [0.05, 0.1) is 0 Å². The van der Waals surface area contributed by atoms with Gasteiger partial charge in [-0.05, 0) is 35.2 Å². The van der Waals surface area contributed by atoms with Crippen molar-refractivity contribution in [2.45, 2.75) is 44.9 Å². The van der Waals surface area contributed by atoms with Crippen molar-refractivity contribution in [2.24, 2.45) is 0 Å². The van der Waals surface area contributed by atoms with E-state index in [0.29, 0.717) is 0 Å². The van der Waals surface area contributed by atoms with E-state index in [1.807, 2.05) is 0 Å². The zero-order valence-corrected chi connectivity index (χ0v) is 9.11. The summed E-state index contributed by atoms with van der Waals surface area (Å²) in [4.78, 5) is 0. The number of hydrogen-bond donors (Lipinski definition) is 0. The lowest BCUT2D eigenvalue weighted by Crippen LogP contribution is -1.83. The van der Waals surface area contributed by atoms with Crippen LogP contribution < -0.4 is 0 Å². The minimum atomic E-state index is 1.10. The van der Waals surface area contributed by atoms with Gasteiger partial charge in [-0.1, -0.05) is 39.0 Å². The molecule has 0 aliphatic carbocycles. The van der Waals surface area contributed by atoms with E-state index in [-0.39, 0.29) is 0 Å². The normalized spacial score (nSPS) is 10.5. The van der Waals surface area contributed by atoms with Crippen LogP contribution in [0.4, 0.5) is 0 Å². The molecule has 1 heteroatoms. The van der Waals surface area contributed by atoms with Crippen molar-refractivity contribution >= 4 is 11.3 Å². The quantitative estimate of drug-likeness (QED) is 0.563. The van der Waals surface area contributed by atoms with Crippen molar-refractivity contribution in [2.75, 3.05) is 0 Å². The van der Waals surface area contributed by atoms with Gasteiger partial charge >= 0.3 is 0 Å². The first-order valence-electron chi connectivity index (χ1n) is 5.24. The Kier molecular flexibility index (Phi) is 5.92. The molecular weight excluding hydrogens is 176 g/mol. The highest BCUT2D eigenvalue weighted by atomic mass is 32.1. The highest BCUT2D eigenvalue weighted by Crippen LogP contribution is 2.11. The Bertz CT molecular complexity index is 189. The molecule has 0 atom stereocenters. The molecule has 0 saturated carbocycles. The molecule has 1 rings (SSSR count). The van der Waals surface area contributed by atoms with Crippen LogP contribution in [-0.2, 0) is 6.42 Å². The summed E-state index contributed by atoms with van der Waals surface area (Å²) >= 11 is 1.80. The number of unbranched alkanes of at least 4 members (excludes halogenated alkanes) is 5. The van der Waals surface area contributed by atoms with Crippen molar-refractivity contribution in [1.82, 2.24) is 0 Å². The molecule has 73 valence electrons. The third-order valence-electron chi connectivity index (χ3n) is 2.30. The number of thiophene rings is 1. The van der Waals surface area contributed by atoms with Gasteiger partial charge in [-0.3, -0.25) is 0 Å². The third-order valence-corrected chi connectivity index (χ3v) is 3.03. The third kappa shape index (κ3) is 5.09. The Hall–Kier alpha value is -0.300. The fourth-order valence-electron chi connectivity index (χ4n) is 1.47. The fraction of sp³-hybridized carbons (Fsp3) is 0.583. The molecule has 0 saturated heterocycles. The zero-order chi connectivity index (χ0) is 9.36. The molecule has 0 aliphatic rings. The maximum absolute atomic E-state index is 3.85. The summed E-state index contributed by atoms with van der Waals surface area (Å²) in [5.74, 6) is 0. The summed E-state index contributed by atoms with van der Waals surface area (Å²) in [7, 11) is 0. The second-order valence-corrected chi connectivity index (χ2v) is 4.28. The molecule has 0 bridgehead atoms. The second kappa shape index (κ2) is 7.14. The first-order chi connectivity index (χ1) is 6.43. The van der Waals surface area contributed by atoms with E-state index in [0.717, 1.165) is 6.42 Å². The predicted molar refractivity (Wildman–Crippen MR) is 61.1 cm³/mol. The van der Waals surface area contributed by atoms with E-state index in [2.05, 4.69) is 23.8 Å². The molecule has 0 fully saturated rings. The maximum atomic E-state index is 3.85. The van der Waals surface area contributed by atoms with Crippen molar-refractivity contribution in [1.29, 1.82) is 0 Å². The van der Waals surface area contributed by atoms with Crippen molar-refractivity contribution in [3.05, 3.63) is 29.3 Å². The van der Waals surface area contributed by atoms with Crippen LogP contribution in [0.25, 0.3) is 0 Å². The average Bonchev–Trinajstić information content (AvgIpc) is 2.63. The first kappa shape index (κ1) is 10.8. The molecule has 0 unspecified atom stereocenters. The van der Waals surface area contributed by atoms with Crippen LogP contribution in [0, 0.1) is 6.92 Å². The Balaban J connectivity index is 1.90. The van der Waals surface area contributed by atoms with Gasteiger partial charge in [0, 0.05) is 0 Å². The fourth-order valence-corrected chi connectivity index (χ4v) is 2.17. The molecule has 0 nitrogen and oxygen atoms in total. The van der Waals surface area contributed by atoms with E-state index in [1.165, 1.54) is 44.1 Å². The van der Waals surface area contributed by atoms with Crippen molar-refractivity contribution < 1.29 is 0 Å². The highest BCUT2D eigenvalue weighted by molar-refractivity contribution is 7.07. The molecule has 0 aromatic carbocycles. The van der Waals surface area contributed by atoms with Crippen LogP contribution in [0.5, 0.6) is 0 Å². The van der Waals surface area contributed by atoms with E-state index in [9.17, 15) is 0 Å². The predicted octanol–water partition coefficient (Wildman–Crippen LogP) is 4.47. The van der Waals surface area contributed by atoms with Gasteiger partial charge in [-0.25, -0.2) is 0 Å². The van der Waals surface area contributed by atoms with Gasteiger partial charge in [-0.15, -0.1) is 0 Å². The Labute approximate surface area is 86.0 Å². The van der Waals surface area contributed by atoms with Crippen LogP contribution >= 0.6 is 11.3 Å². The van der Waals surface area contributed by atoms with Gasteiger partial charge in [-0.2, -0.15) is 11.3 Å². The average molecular weight is 195 g/mol. The minimum Gasteiger partial charge on any atom is -0.152 e. The number of rotatable bonds is 7. The summed E-state index contributed by atoms with van der Waals surface area (Å²) in [5.41, 5.74) is 1.52. The SMILES string of the molecule is [CH2]CCCCCCCc1ccsc1. The summed E-state index contributed by atoms with van der Waals surface area (Å²) in [6.45, 7) is 3.85. The summed E-state index contributed by atoms with van der Waals surface area (Å²) in [6.07, 6.45) is 9.17. The molecule has 0 amide bonds. The van der Waals surface area contributed by atoms with Crippen molar-refractivity contribution in [3.63, 3.8) is 0 Å². The lowest BCUT2D eigenvalue weighted by Gasteiger charge is -1.99. The summed E-state index contributed by atoms with van der Waals surface area (Å²) in [5, 5.41) is 4.42. The first-order valence-corrected chi connectivity index (χ1v) is 6.18. The standard InChI is InChI=1S/C12H19S/c1-2-3-4-5-6-7-8-12-9-10-13-11-12/h9-11H,1-8H2. The van der Waals surface area contributed by atoms with E-state index in [1.54, 1.807) is 11.3 Å². The topological polar surface area (TPSA) is 0 Å². The summed E-state index contributed by atoms with van der Waals surface area (Å²) < 4.78 is 0.